The molecule has 0 aliphatic heterocycles. The van der Waals surface area contributed by atoms with Gasteiger partial charge in [-0.3, -0.25) is 9.59 Å². The lowest BCUT2D eigenvalue weighted by Crippen LogP contribution is -2.14. The number of ketones is 2. The summed E-state index contributed by atoms with van der Waals surface area (Å²) in [4.78, 5) is 23.9. The Morgan fingerprint density at radius 2 is 1.50 bits per heavy atom. The SMILES string of the molecule is Nc1ccc(C(=O)C(=O)c2ccccc2)cc1Br. The van der Waals surface area contributed by atoms with Gasteiger partial charge in [0.05, 0.1) is 0 Å². The summed E-state index contributed by atoms with van der Waals surface area (Å²) in [6, 6.07) is 13.2. The van der Waals surface area contributed by atoms with Crippen LogP contribution in [0, 0.1) is 0 Å². The topological polar surface area (TPSA) is 60.2 Å². The smallest absolute Gasteiger partial charge is 0.233 e. The zero-order valence-corrected chi connectivity index (χ0v) is 11.0. The molecule has 0 amide bonds. The molecule has 18 heavy (non-hydrogen) atoms. The van der Waals surface area contributed by atoms with Gasteiger partial charge in [0.1, 0.15) is 0 Å². The summed E-state index contributed by atoms with van der Waals surface area (Å²) < 4.78 is 0.606. The molecule has 0 aromatic heterocycles. The molecule has 0 saturated heterocycles. The molecule has 0 unspecified atom stereocenters. The van der Waals surface area contributed by atoms with Crippen molar-refractivity contribution in [1.29, 1.82) is 0 Å². The van der Waals surface area contributed by atoms with Gasteiger partial charge in [0.25, 0.3) is 0 Å². The molecule has 2 aromatic rings. The molecule has 0 aliphatic rings. The standard InChI is InChI=1S/C14H10BrNO2/c15-11-8-10(6-7-12(11)16)14(18)13(17)9-4-2-1-3-5-9/h1-8H,16H2. The summed E-state index contributed by atoms with van der Waals surface area (Å²) in [6.45, 7) is 0. The Kier molecular flexibility index (Phi) is 3.58. The highest BCUT2D eigenvalue weighted by Gasteiger charge is 2.18. The Morgan fingerprint density at radius 1 is 0.889 bits per heavy atom. The second kappa shape index (κ2) is 5.14. The predicted octanol–water partition coefficient (Wildman–Crippen LogP) is 3.10. The minimum absolute atomic E-state index is 0.324. The molecule has 90 valence electrons. The second-order valence-electron chi connectivity index (χ2n) is 3.76. The van der Waals surface area contributed by atoms with Gasteiger partial charge in [-0.1, -0.05) is 30.3 Å². The number of carbonyl (C=O) groups excluding carboxylic acids is 2. The molecule has 2 rings (SSSR count). The van der Waals surface area contributed by atoms with Crippen molar-refractivity contribution in [2.45, 2.75) is 0 Å². The van der Waals surface area contributed by atoms with E-state index in [4.69, 9.17) is 5.73 Å². The minimum atomic E-state index is -0.540. The average molecular weight is 304 g/mol. The Hall–Kier alpha value is -1.94. The van der Waals surface area contributed by atoms with Crippen LogP contribution >= 0.6 is 15.9 Å². The van der Waals surface area contributed by atoms with E-state index in [0.29, 0.717) is 21.3 Å². The van der Waals surface area contributed by atoms with Crippen molar-refractivity contribution in [3.8, 4) is 0 Å². The van der Waals surface area contributed by atoms with Crippen molar-refractivity contribution >= 4 is 33.2 Å². The molecule has 4 heteroatoms. The van der Waals surface area contributed by atoms with Crippen LogP contribution < -0.4 is 5.73 Å². The zero-order chi connectivity index (χ0) is 13.1. The van der Waals surface area contributed by atoms with Crippen molar-refractivity contribution in [2.24, 2.45) is 0 Å². The number of anilines is 1. The third-order valence-corrected chi connectivity index (χ3v) is 3.19. The van der Waals surface area contributed by atoms with E-state index in [1.54, 1.807) is 48.5 Å². The summed E-state index contributed by atoms with van der Waals surface area (Å²) in [5, 5.41) is 0. The van der Waals surface area contributed by atoms with E-state index in [2.05, 4.69) is 15.9 Å². The maximum atomic E-state index is 12.0. The summed E-state index contributed by atoms with van der Waals surface area (Å²) in [7, 11) is 0. The molecule has 0 fully saturated rings. The Labute approximate surface area is 113 Å². The number of nitrogens with two attached hydrogens (primary N) is 1. The van der Waals surface area contributed by atoms with Crippen LogP contribution in [-0.4, -0.2) is 11.6 Å². The average Bonchev–Trinajstić information content (AvgIpc) is 2.41. The van der Waals surface area contributed by atoms with Gasteiger partial charge in [0, 0.05) is 21.3 Å². The lowest BCUT2D eigenvalue weighted by Gasteiger charge is -2.03. The van der Waals surface area contributed by atoms with Crippen LogP contribution in [0.1, 0.15) is 20.7 Å². The number of nitrogen functional groups attached to an aromatic ring is 1. The molecular weight excluding hydrogens is 294 g/mol. The number of hydrogen-bond donors (Lipinski definition) is 1. The number of rotatable bonds is 3. The molecule has 3 nitrogen and oxygen atoms in total. The van der Waals surface area contributed by atoms with Crippen molar-refractivity contribution in [1.82, 2.24) is 0 Å². The van der Waals surface area contributed by atoms with Crippen LogP contribution in [0.3, 0.4) is 0 Å². The van der Waals surface area contributed by atoms with E-state index < -0.39 is 11.6 Å². The van der Waals surface area contributed by atoms with Gasteiger partial charge in [0.15, 0.2) is 0 Å². The normalized spacial score (nSPS) is 10.1. The Balaban J connectivity index is 2.32. The van der Waals surface area contributed by atoms with E-state index in [9.17, 15) is 9.59 Å². The Bertz CT molecular complexity index is 608. The monoisotopic (exact) mass is 303 g/mol. The molecule has 0 spiro atoms. The highest BCUT2D eigenvalue weighted by Crippen LogP contribution is 2.21. The van der Waals surface area contributed by atoms with Gasteiger partial charge in [-0.15, -0.1) is 0 Å². The van der Waals surface area contributed by atoms with Crippen LogP contribution in [-0.2, 0) is 0 Å². The van der Waals surface area contributed by atoms with Crippen molar-refractivity contribution < 1.29 is 9.59 Å². The molecule has 0 atom stereocenters. The molecule has 0 saturated carbocycles. The van der Waals surface area contributed by atoms with Gasteiger partial charge in [0.2, 0.25) is 11.6 Å². The van der Waals surface area contributed by atoms with E-state index in [0.717, 1.165) is 0 Å². The van der Waals surface area contributed by atoms with E-state index in [-0.39, 0.29) is 0 Å². The van der Waals surface area contributed by atoms with E-state index >= 15 is 0 Å². The van der Waals surface area contributed by atoms with Crippen LogP contribution in [0.2, 0.25) is 0 Å². The van der Waals surface area contributed by atoms with Gasteiger partial charge in [-0.05, 0) is 34.1 Å². The first-order valence-corrected chi connectivity index (χ1v) is 6.08. The van der Waals surface area contributed by atoms with Crippen LogP contribution in [0.15, 0.2) is 53.0 Å². The number of hydrogen-bond acceptors (Lipinski definition) is 3. The molecule has 0 aliphatic carbocycles. The van der Waals surface area contributed by atoms with Gasteiger partial charge < -0.3 is 5.73 Å². The van der Waals surface area contributed by atoms with Crippen LogP contribution in [0.5, 0.6) is 0 Å². The van der Waals surface area contributed by atoms with Gasteiger partial charge >= 0.3 is 0 Å². The Morgan fingerprint density at radius 3 is 2.11 bits per heavy atom. The van der Waals surface area contributed by atoms with E-state index in [1.165, 1.54) is 0 Å². The second-order valence-corrected chi connectivity index (χ2v) is 4.61. The molecule has 2 N–H and O–H groups in total. The number of benzene rings is 2. The number of Topliss-reactive ketones (excluding diaryl/α,β-unsaturated/α-hetero) is 2. The van der Waals surface area contributed by atoms with Crippen LogP contribution in [0.4, 0.5) is 5.69 Å². The lowest BCUT2D eigenvalue weighted by molar-refractivity contribution is 0.0817. The van der Waals surface area contributed by atoms with Crippen molar-refractivity contribution in [2.75, 3.05) is 5.73 Å². The highest BCUT2D eigenvalue weighted by molar-refractivity contribution is 9.10. The molecule has 0 bridgehead atoms. The predicted molar refractivity (Wildman–Crippen MR) is 73.7 cm³/mol. The molecule has 2 aromatic carbocycles. The first kappa shape index (κ1) is 12.5. The molecule has 0 heterocycles. The summed E-state index contributed by atoms with van der Waals surface area (Å²) >= 11 is 3.23. The van der Waals surface area contributed by atoms with Gasteiger partial charge in [-0.25, -0.2) is 0 Å². The first-order valence-electron chi connectivity index (χ1n) is 5.28. The highest BCUT2D eigenvalue weighted by atomic mass is 79.9. The van der Waals surface area contributed by atoms with Gasteiger partial charge in [-0.2, -0.15) is 0 Å². The quantitative estimate of drug-likeness (QED) is 0.538. The molecular formula is C14H10BrNO2. The van der Waals surface area contributed by atoms with E-state index in [1.807, 2.05) is 0 Å². The third kappa shape index (κ3) is 2.49. The third-order valence-electron chi connectivity index (χ3n) is 2.50. The molecule has 0 radical (unpaired) electrons. The number of carbonyl (C=O) groups is 2. The maximum absolute atomic E-state index is 12.0. The fraction of sp³-hybridized carbons (Fsp3) is 0. The zero-order valence-electron chi connectivity index (χ0n) is 9.39. The van der Waals surface area contributed by atoms with Crippen molar-refractivity contribution in [3.05, 3.63) is 64.1 Å². The number of halogens is 1. The summed E-state index contributed by atoms with van der Waals surface area (Å²) in [5.74, 6) is -1.06. The summed E-state index contributed by atoms with van der Waals surface area (Å²) in [6.07, 6.45) is 0. The van der Waals surface area contributed by atoms with Crippen molar-refractivity contribution in [3.63, 3.8) is 0 Å². The first-order chi connectivity index (χ1) is 8.59. The summed E-state index contributed by atoms with van der Waals surface area (Å²) in [5.41, 5.74) is 6.87. The maximum Gasteiger partial charge on any atom is 0.233 e. The fourth-order valence-electron chi connectivity index (χ4n) is 1.52. The fourth-order valence-corrected chi connectivity index (χ4v) is 1.90. The largest absolute Gasteiger partial charge is 0.398 e. The minimum Gasteiger partial charge on any atom is -0.398 e. The van der Waals surface area contributed by atoms with Crippen LogP contribution in [0.25, 0.3) is 0 Å². The lowest BCUT2D eigenvalue weighted by atomic mass is 10.0.